The molecular weight excluding hydrogens is 973 g/mol. The summed E-state index contributed by atoms with van der Waals surface area (Å²) in [6.45, 7) is 32.2. The standard InChI is InChI=1S/C76H70N2O2/c1-43-31-33-45(3)65(37-43)77(63-29-19-25-53-51-23-17-27-57(73(5,6)7)69(51)79-71(53)63)47-35-36-48-55-40-61-56(41-60(55)75(11,12)59(48)39-47)68-50-22-16-15-21-49(50)67(42-62(68)76(61,13)14)78(66-38-44(2)32-34-46(66)4)64-30-20-26-54-52-24-18-28-58(74(8,9)10)70(52)80-72(54)64/h15-42H,1-14H3. The molecule has 0 saturated heterocycles. The number of anilines is 6. The first-order valence-electron chi connectivity index (χ1n) is 28.7. The van der Waals surface area contributed by atoms with Crippen molar-refractivity contribution in [2.45, 2.75) is 119 Å². The molecule has 4 nitrogen and oxygen atoms in total. The maximum Gasteiger partial charge on any atom is 0.159 e. The lowest BCUT2D eigenvalue weighted by Crippen LogP contribution is -2.18. The van der Waals surface area contributed by atoms with Gasteiger partial charge in [-0.05, 0) is 165 Å². The molecule has 10 aromatic carbocycles. The lowest BCUT2D eigenvalue weighted by atomic mass is 9.79. The van der Waals surface area contributed by atoms with Gasteiger partial charge in [0.25, 0.3) is 0 Å². The van der Waals surface area contributed by atoms with Gasteiger partial charge in [0.05, 0.1) is 17.1 Å². The van der Waals surface area contributed by atoms with Crippen LogP contribution in [-0.4, -0.2) is 0 Å². The van der Waals surface area contributed by atoms with E-state index in [1.54, 1.807) is 0 Å². The van der Waals surface area contributed by atoms with Crippen molar-refractivity contribution in [1.29, 1.82) is 0 Å². The Kier molecular flexibility index (Phi) is 10.7. The third-order valence-corrected chi connectivity index (χ3v) is 18.3. The Morgan fingerprint density at radius 3 is 1.35 bits per heavy atom. The summed E-state index contributed by atoms with van der Waals surface area (Å²) in [4.78, 5) is 4.95. The fourth-order valence-electron chi connectivity index (χ4n) is 14.0. The summed E-state index contributed by atoms with van der Waals surface area (Å²) in [5.74, 6) is 0. The van der Waals surface area contributed by atoms with Crippen LogP contribution in [0.5, 0.6) is 0 Å². The van der Waals surface area contributed by atoms with Crippen LogP contribution in [0.15, 0.2) is 179 Å². The van der Waals surface area contributed by atoms with Gasteiger partial charge in [-0.2, -0.15) is 0 Å². The van der Waals surface area contributed by atoms with Gasteiger partial charge in [0, 0.05) is 66.0 Å². The Bertz CT molecular complexity index is 4620. The number of aryl methyl sites for hydroxylation is 4. The average molecular weight is 1040 g/mol. The third-order valence-electron chi connectivity index (χ3n) is 18.3. The molecule has 0 N–H and O–H groups in total. The van der Waals surface area contributed by atoms with Crippen LogP contribution in [0, 0.1) is 27.7 Å². The second-order valence-electron chi connectivity index (χ2n) is 26.4. The van der Waals surface area contributed by atoms with Gasteiger partial charge in [-0.1, -0.05) is 184 Å². The van der Waals surface area contributed by atoms with Crippen LogP contribution in [0.4, 0.5) is 34.1 Å². The molecule has 2 aromatic heterocycles. The zero-order valence-electron chi connectivity index (χ0n) is 48.9. The van der Waals surface area contributed by atoms with Crippen molar-refractivity contribution in [1.82, 2.24) is 0 Å². The minimum Gasteiger partial charge on any atom is -0.454 e. The third kappa shape index (κ3) is 7.19. The molecule has 0 saturated carbocycles. The van der Waals surface area contributed by atoms with Gasteiger partial charge in [0.2, 0.25) is 0 Å². The average Bonchev–Trinajstić information content (AvgIpc) is 4.21. The Hall–Kier alpha value is -8.34. The summed E-state index contributed by atoms with van der Waals surface area (Å²) in [6, 6.07) is 64.2. The number of fused-ring (bicyclic) bond motifs is 14. The summed E-state index contributed by atoms with van der Waals surface area (Å²) >= 11 is 0. The SMILES string of the molecule is Cc1ccc(C)c(N(c2ccc3c(c2)C(C)(C)c2cc4c(cc2-3)C(C)(C)c2cc(N(c3cc(C)ccc3C)c3cccc5c3oc3c(C(C)(C)C)cccc35)c3ccccc3c2-4)c2cccc3c2oc2c(C(C)(C)C)cccc23)c1. The predicted molar refractivity (Wildman–Crippen MR) is 339 cm³/mol. The van der Waals surface area contributed by atoms with Gasteiger partial charge in [-0.25, -0.2) is 0 Å². The van der Waals surface area contributed by atoms with E-state index in [1.807, 2.05) is 0 Å². The van der Waals surface area contributed by atoms with Crippen molar-refractivity contribution < 1.29 is 8.83 Å². The number of hydrogen-bond donors (Lipinski definition) is 0. The maximum atomic E-state index is 7.19. The first kappa shape index (κ1) is 49.9. The van der Waals surface area contributed by atoms with Crippen molar-refractivity contribution in [3.63, 3.8) is 0 Å². The highest BCUT2D eigenvalue weighted by molar-refractivity contribution is 6.16. The van der Waals surface area contributed by atoms with E-state index >= 15 is 0 Å². The van der Waals surface area contributed by atoms with Crippen LogP contribution in [0.25, 0.3) is 76.9 Å². The maximum absolute atomic E-state index is 7.19. The molecule has 0 spiro atoms. The Labute approximate surface area is 471 Å². The van der Waals surface area contributed by atoms with Gasteiger partial charge in [0.15, 0.2) is 11.2 Å². The molecule has 2 aliphatic carbocycles. The molecular formula is C76H70N2O2. The molecule has 0 aliphatic heterocycles. The Morgan fingerprint density at radius 1 is 0.338 bits per heavy atom. The number of hydrogen-bond acceptors (Lipinski definition) is 4. The molecule has 2 heterocycles. The van der Waals surface area contributed by atoms with E-state index < -0.39 is 0 Å². The van der Waals surface area contributed by atoms with E-state index in [4.69, 9.17) is 8.83 Å². The molecule has 14 rings (SSSR count). The lowest BCUT2D eigenvalue weighted by Gasteiger charge is -2.31. The first-order chi connectivity index (χ1) is 38.1. The van der Waals surface area contributed by atoms with Gasteiger partial charge in [0.1, 0.15) is 11.2 Å². The van der Waals surface area contributed by atoms with Gasteiger partial charge >= 0.3 is 0 Å². The summed E-state index contributed by atoms with van der Waals surface area (Å²) in [5.41, 5.74) is 27.4. The highest BCUT2D eigenvalue weighted by Crippen LogP contribution is 2.60. The molecule has 396 valence electrons. The fourth-order valence-corrected chi connectivity index (χ4v) is 14.0. The molecule has 12 aromatic rings. The highest BCUT2D eigenvalue weighted by atomic mass is 16.3. The summed E-state index contributed by atoms with van der Waals surface area (Å²) < 4.78 is 14.3. The van der Waals surface area contributed by atoms with Gasteiger partial charge in [-0.3, -0.25) is 0 Å². The molecule has 4 heteroatoms. The Morgan fingerprint density at radius 2 is 0.787 bits per heavy atom. The minimum atomic E-state index is -0.330. The van der Waals surface area contributed by atoms with E-state index in [0.717, 1.165) is 78.0 Å². The fraction of sp³-hybridized carbons (Fsp3) is 0.237. The minimum absolute atomic E-state index is 0.0831. The van der Waals surface area contributed by atoms with Crippen molar-refractivity contribution >= 4 is 88.8 Å². The second-order valence-corrected chi connectivity index (χ2v) is 26.4. The molecule has 2 aliphatic rings. The summed E-state index contributed by atoms with van der Waals surface area (Å²) in [7, 11) is 0. The number of para-hydroxylation sites is 4. The van der Waals surface area contributed by atoms with Gasteiger partial charge < -0.3 is 18.6 Å². The van der Waals surface area contributed by atoms with Crippen LogP contribution < -0.4 is 9.80 Å². The van der Waals surface area contributed by atoms with E-state index in [9.17, 15) is 0 Å². The first-order valence-corrected chi connectivity index (χ1v) is 28.7. The van der Waals surface area contributed by atoms with Crippen LogP contribution in [0.1, 0.15) is 125 Å². The molecule has 0 atom stereocenters. The van der Waals surface area contributed by atoms with E-state index in [0.29, 0.717) is 0 Å². The van der Waals surface area contributed by atoms with Crippen molar-refractivity contribution in [3.8, 4) is 22.3 Å². The number of furan rings is 2. The molecule has 0 amide bonds. The topological polar surface area (TPSA) is 32.8 Å². The molecule has 0 unspecified atom stereocenters. The van der Waals surface area contributed by atoms with Crippen LogP contribution in [-0.2, 0) is 21.7 Å². The largest absolute Gasteiger partial charge is 0.454 e. The molecule has 0 fully saturated rings. The zero-order valence-corrected chi connectivity index (χ0v) is 48.9. The summed E-state index contributed by atoms with van der Waals surface area (Å²) in [5, 5.41) is 7.00. The number of benzene rings is 10. The van der Waals surface area contributed by atoms with Crippen LogP contribution in [0.3, 0.4) is 0 Å². The van der Waals surface area contributed by atoms with E-state index in [-0.39, 0.29) is 21.7 Å². The number of nitrogens with zero attached hydrogens (tertiary/aromatic N) is 2. The van der Waals surface area contributed by atoms with Gasteiger partial charge in [-0.15, -0.1) is 0 Å². The highest BCUT2D eigenvalue weighted by Gasteiger charge is 2.44. The molecule has 80 heavy (non-hydrogen) atoms. The molecule has 0 bridgehead atoms. The van der Waals surface area contributed by atoms with E-state index in [2.05, 4.69) is 277 Å². The van der Waals surface area contributed by atoms with E-state index in [1.165, 1.54) is 88.7 Å². The van der Waals surface area contributed by atoms with Crippen LogP contribution in [0.2, 0.25) is 0 Å². The Balaban J connectivity index is 0.945. The van der Waals surface area contributed by atoms with Crippen molar-refractivity contribution in [3.05, 3.63) is 225 Å². The quantitative estimate of drug-likeness (QED) is 0.166. The zero-order chi connectivity index (χ0) is 55.7. The van der Waals surface area contributed by atoms with Crippen LogP contribution >= 0.6 is 0 Å². The summed E-state index contributed by atoms with van der Waals surface area (Å²) in [6.07, 6.45) is 0. The second kappa shape index (κ2) is 17.1. The number of rotatable bonds is 6. The predicted octanol–water partition coefficient (Wildman–Crippen LogP) is 22.0. The normalized spacial score (nSPS) is 14.3. The van der Waals surface area contributed by atoms with Crippen molar-refractivity contribution in [2.24, 2.45) is 0 Å². The monoisotopic (exact) mass is 1040 g/mol. The molecule has 0 radical (unpaired) electrons. The lowest BCUT2D eigenvalue weighted by molar-refractivity contribution is 0.572. The van der Waals surface area contributed by atoms with Crippen molar-refractivity contribution in [2.75, 3.05) is 9.80 Å². The smallest absolute Gasteiger partial charge is 0.159 e.